The zero-order chi connectivity index (χ0) is 25.5. The fourth-order valence-electron chi connectivity index (χ4n) is 4.30. The molecular weight excluding hydrogens is 509 g/mol. The van der Waals surface area contributed by atoms with Gasteiger partial charge in [-0.1, -0.05) is 35.7 Å². The highest BCUT2D eigenvalue weighted by Gasteiger charge is 2.29. The first-order valence-corrected chi connectivity index (χ1v) is 11.8. The van der Waals surface area contributed by atoms with Crippen LogP contribution in [0.25, 0.3) is 28.1 Å². The molecule has 0 radical (unpaired) electrons. The molecule has 1 aliphatic carbocycles. The normalized spacial score (nSPS) is 14.4. The summed E-state index contributed by atoms with van der Waals surface area (Å²) in [7, 11) is 0. The van der Waals surface area contributed by atoms with Crippen molar-refractivity contribution in [1.82, 2.24) is 50.0 Å². The molecule has 5 aromatic rings. The van der Waals surface area contributed by atoms with Crippen LogP contribution in [0.15, 0.2) is 55.4 Å². The zero-order valence-corrected chi connectivity index (χ0v) is 19.8. The van der Waals surface area contributed by atoms with E-state index < -0.39 is 12.4 Å². The molecule has 1 unspecified atom stereocenters. The lowest BCUT2D eigenvalue weighted by atomic mass is 10.0. The quantitative estimate of drug-likeness (QED) is 0.287. The lowest BCUT2D eigenvalue weighted by Crippen LogP contribution is -2.14. The molecule has 1 atom stereocenters. The second-order valence-electron chi connectivity index (χ2n) is 8.73. The minimum absolute atomic E-state index is 0.0379. The summed E-state index contributed by atoms with van der Waals surface area (Å²) in [5.74, 6) is -0.0936. The SMILES string of the molecule is Fc1c(Cl)ccc(-n2cnnn2)c1-c1ccc(C(CC2CC2)n2cc(-c3cnnn3C(F)F)cn2)nc1. The van der Waals surface area contributed by atoms with Crippen LogP contribution in [0.5, 0.6) is 0 Å². The molecule has 0 saturated heterocycles. The molecule has 0 spiro atoms. The Bertz CT molecular complexity index is 1530. The Kier molecular flexibility index (Phi) is 5.91. The van der Waals surface area contributed by atoms with Gasteiger partial charge in [-0.15, -0.1) is 10.2 Å². The number of aromatic nitrogens is 10. The fourth-order valence-corrected chi connectivity index (χ4v) is 4.45. The van der Waals surface area contributed by atoms with Crippen molar-refractivity contribution in [2.75, 3.05) is 0 Å². The first kappa shape index (κ1) is 23.3. The van der Waals surface area contributed by atoms with Crippen molar-refractivity contribution in [3.05, 3.63) is 71.9 Å². The number of halogens is 4. The highest BCUT2D eigenvalue weighted by atomic mass is 35.5. The third kappa shape index (κ3) is 4.46. The van der Waals surface area contributed by atoms with Gasteiger partial charge in [-0.05, 0) is 41.0 Å². The molecule has 188 valence electrons. The number of alkyl halides is 2. The van der Waals surface area contributed by atoms with Crippen molar-refractivity contribution in [2.24, 2.45) is 5.92 Å². The van der Waals surface area contributed by atoms with Crippen LogP contribution in [-0.4, -0.2) is 50.0 Å². The van der Waals surface area contributed by atoms with E-state index in [1.807, 2.05) is 0 Å². The Labute approximate surface area is 212 Å². The predicted octanol–water partition coefficient (Wildman–Crippen LogP) is 4.76. The molecule has 14 heteroatoms. The van der Waals surface area contributed by atoms with Crippen molar-refractivity contribution in [2.45, 2.75) is 31.9 Å². The number of nitrogens with zero attached hydrogens (tertiary/aromatic N) is 10. The van der Waals surface area contributed by atoms with Crippen LogP contribution in [0.1, 0.15) is 37.5 Å². The van der Waals surface area contributed by atoms with Crippen LogP contribution in [0, 0.1) is 11.7 Å². The van der Waals surface area contributed by atoms with Crippen molar-refractivity contribution >= 4 is 11.6 Å². The van der Waals surface area contributed by atoms with Gasteiger partial charge in [0, 0.05) is 29.1 Å². The van der Waals surface area contributed by atoms with E-state index in [0.29, 0.717) is 33.1 Å². The lowest BCUT2D eigenvalue weighted by molar-refractivity contribution is 0.0565. The molecule has 10 nitrogen and oxygen atoms in total. The van der Waals surface area contributed by atoms with E-state index in [2.05, 4.69) is 35.9 Å². The monoisotopic (exact) mass is 526 g/mol. The van der Waals surface area contributed by atoms with E-state index in [9.17, 15) is 8.78 Å². The van der Waals surface area contributed by atoms with Crippen LogP contribution in [0.2, 0.25) is 5.02 Å². The van der Waals surface area contributed by atoms with Gasteiger partial charge in [0.15, 0.2) is 5.82 Å². The summed E-state index contributed by atoms with van der Waals surface area (Å²) in [6.07, 6.45) is 10.4. The Balaban J connectivity index is 1.36. The van der Waals surface area contributed by atoms with Gasteiger partial charge >= 0.3 is 6.55 Å². The minimum Gasteiger partial charge on any atom is -0.263 e. The summed E-state index contributed by atoms with van der Waals surface area (Å²) in [4.78, 5) is 4.64. The lowest BCUT2D eigenvalue weighted by Gasteiger charge is -2.18. The number of benzene rings is 1. The van der Waals surface area contributed by atoms with Gasteiger partial charge in [0.2, 0.25) is 0 Å². The third-order valence-electron chi connectivity index (χ3n) is 6.31. The van der Waals surface area contributed by atoms with E-state index in [0.717, 1.165) is 19.3 Å². The Morgan fingerprint density at radius 2 is 1.86 bits per heavy atom. The molecule has 0 bridgehead atoms. The first-order chi connectivity index (χ1) is 18.0. The highest BCUT2D eigenvalue weighted by molar-refractivity contribution is 6.31. The van der Waals surface area contributed by atoms with Gasteiger partial charge in [-0.25, -0.2) is 4.39 Å². The maximum absolute atomic E-state index is 15.1. The van der Waals surface area contributed by atoms with E-state index in [4.69, 9.17) is 11.6 Å². The summed E-state index contributed by atoms with van der Waals surface area (Å²) in [6, 6.07) is 6.39. The van der Waals surface area contributed by atoms with E-state index in [1.165, 1.54) is 29.5 Å². The Morgan fingerprint density at radius 3 is 2.57 bits per heavy atom. The van der Waals surface area contributed by atoms with E-state index in [-0.39, 0.29) is 22.3 Å². The molecule has 1 aliphatic rings. The summed E-state index contributed by atoms with van der Waals surface area (Å²) < 4.78 is 45.3. The number of hydrogen-bond donors (Lipinski definition) is 0. The molecule has 37 heavy (non-hydrogen) atoms. The van der Waals surface area contributed by atoms with Crippen LogP contribution < -0.4 is 0 Å². The van der Waals surface area contributed by atoms with Gasteiger partial charge in [-0.3, -0.25) is 9.67 Å². The predicted molar refractivity (Wildman–Crippen MR) is 125 cm³/mol. The van der Waals surface area contributed by atoms with E-state index in [1.54, 1.807) is 35.3 Å². The average Bonchev–Trinajstić information content (AvgIpc) is 3.31. The van der Waals surface area contributed by atoms with Crippen LogP contribution >= 0.6 is 11.6 Å². The maximum Gasteiger partial charge on any atom is 0.335 e. The third-order valence-corrected chi connectivity index (χ3v) is 6.61. The molecule has 0 amide bonds. The molecule has 4 aromatic heterocycles. The molecule has 1 fully saturated rings. The summed E-state index contributed by atoms with van der Waals surface area (Å²) >= 11 is 6.07. The number of hydrogen-bond acceptors (Lipinski definition) is 7. The average molecular weight is 527 g/mol. The fraction of sp³-hybridized carbons (Fsp3) is 0.261. The van der Waals surface area contributed by atoms with Gasteiger partial charge in [0.25, 0.3) is 0 Å². The van der Waals surface area contributed by atoms with Crippen LogP contribution in [0.3, 0.4) is 0 Å². The van der Waals surface area contributed by atoms with Crippen molar-refractivity contribution in [3.8, 4) is 28.1 Å². The molecule has 1 aromatic carbocycles. The van der Waals surface area contributed by atoms with Gasteiger partial charge in [0.05, 0.1) is 40.5 Å². The van der Waals surface area contributed by atoms with E-state index >= 15 is 4.39 Å². The van der Waals surface area contributed by atoms with Crippen LogP contribution in [0.4, 0.5) is 13.2 Å². The van der Waals surface area contributed by atoms with Gasteiger partial charge < -0.3 is 0 Å². The largest absolute Gasteiger partial charge is 0.335 e. The Morgan fingerprint density at radius 1 is 1.00 bits per heavy atom. The number of pyridine rings is 1. The molecular formula is C23H18ClF3N10. The van der Waals surface area contributed by atoms with Crippen LogP contribution in [-0.2, 0) is 0 Å². The molecule has 4 heterocycles. The molecule has 6 rings (SSSR count). The minimum atomic E-state index is -2.82. The standard InChI is InChI=1S/C23H18ClF3N10/c24-16-4-6-18(36-12-30-32-34-36)21(22(16)25)14-3-5-17(28-8-14)19(7-13-1-2-13)35-11-15(9-31-35)20-10-29-33-37(20)23(26)27/h3-6,8-13,19,23H,1-2,7H2. The highest BCUT2D eigenvalue weighted by Crippen LogP contribution is 2.40. The smallest absolute Gasteiger partial charge is 0.263 e. The second kappa shape index (κ2) is 9.39. The maximum atomic E-state index is 15.1. The molecule has 1 saturated carbocycles. The zero-order valence-electron chi connectivity index (χ0n) is 19.0. The van der Waals surface area contributed by atoms with Crippen molar-refractivity contribution in [1.29, 1.82) is 0 Å². The number of rotatable bonds is 8. The number of tetrazole rings is 1. The van der Waals surface area contributed by atoms with Gasteiger partial charge in [-0.2, -0.15) is 23.2 Å². The van der Waals surface area contributed by atoms with Gasteiger partial charge in [0.1, 0.15) is 6.33 Å². The van der Waals surface area contributed by atoms with Crippen molar-refractivity contribution in [3.63, 3.8) is 0 Å². The van der Waals surface area contributed by atoms with Crippen molar-refractivity contribution < 1.29 is 13.2 Å². The Hall–Kier alpha value is -4.13. The molecule has 0 N–H and O–H groups in total. The molecule has 0 aliphatic heterocycles. The second-order valence-corrected chi connectivity index (χ2v) is 9.13. The summed E-state index contributed by atoms with van der Waals surface area (Å²) in [5.41, 5.74) is 2.46. The summed E-state index contributed by atoms with van der Waals surface area (Å²) in [5, 5.41) is 22.6. The summed E-state index contributed by atoms with van der Waals surface area (Å²) in [6.45, 7) is -2.82. The topological polar surface area (TPSA) is 105 Å². The first-order valence-electron chi connectivity index (χ1n) is 11.4.